The summed E-state index contributed by atoms with van der Waals surface area (Å²) in [6.07, 6.45) is 0.755. The molecule has 1 unspecified atom stereocenters. The predicted molar refractivity (Wildman–Crippen MR) is 162 cm³/mol. The van der Waals surface area contributed by atoms with Crippen LogP contribution in [-0.2, 0) is 35.1 Å². The van der Waals surface area contributed by atoms with Gasteiger partial charge in [0.25, 0.3) is 0 Å². The maximum absolute atomic E-state index is 11.7. The number of ether oxygens (including phenoxy) is 4. The summed E-state index contributed by atoms with van der Waals surface area (Å²) >= 11 is 0. The number of rotatable bonds is 13. The quantitative estimate of drug-likeness (QED) is 0.0964. The molecule has 0 spiro atoms. The second-order valence-corrected chi connectivity index (χ2v) is 9.83. The summed E-state index contributed by atoms with van der Waals surface area (Å²) in [7, 11) is 0. The summed E-state index contributed by atoms with van der Waals surface area (Å²) < 4.78 is 24.6. The molecule has 210 valence electrons. The Hall–Kier alpha value is -4.46. The van der Waals surface area contributed by atoms with Crippen LogP contribution in [0, 0.1) is 0 Å². The van der Waals surface area contributed by atoms with Crippen LogP contribution >= 0.6 is 0 Å². The normalized spacial score (nSPS) is 12.1. The zero-order valence-corrected chi connectivity index (χ0v) is 23.1. The van der Waals surface area contributed by atoms with Crippen molar-refractivity contribution in [2.45, 2.75) is 19.6 Å². The minimum Gasteiger partial charge on any atom is -0.460 e. The van der Waals surface area contributed by atoms with Crippen molar-refractivity contribution in [1.29, 1.82) is 0 Å². The van der Waals surface area contributed by atoms with E-state index in [1.54, 1.807) is 6.92 Å². The van der Waals surface area contributed by atoms with Gasteiger partial charge < -0.3 is 23.5 Å². The Morgan fingerprint density at radius 2 is 1.39 bits per heavy atom. The summed E-state index contributed by atoms with van der Waals surface area (Å²) in [5.74, 6) is -0.947. The third-order valence-electron chi connectivity index (χ3n) is 6.99. The average molecular weight is 552 g/mol. The van der Waals surface area contributed by atoms with Crippen molar-refractivity contribution < 1.29 is 28.5 Å². The van der Waals surface area contributed by atoms with Gasteiger partial charge in [-0.1, -0.05) is 73.8 Å². The first kappa shape index (κ1) is 28.1. The van der Waals surface area contributed by atoms with Crippen LogP contribution < -0.4 is 0 Å². The van der Waals surface area contributed by atoms with Crippen molar-refractivity contribution in [2.75, 3.05) is 33.0 Å². The molecule has 5 rings (SSSR count). The van der Waals surface area contributed by atoms with E-state index in [0.29, 0.717) is 12.1 Å². The highest BCUT2D eigenvalue weighted by Crippen LogP contribution is 2.39. The molecule has 4 aromatic carbocycles. The first-order valence-electron chi connectivity index (χ1n) is 13.6. The van der Waals surface area contributed by atoms with Gasteiger partial charge >= 0.3 is 11.9 Å². The van der Waals surface area contributed by atoms with Gasteiger partial charge in [0.05, 0.1) is 32.5 Å². The van der Waals surface area contributed by atoms with Gasteiger partial charge in [-0.2, -0.15) is 0 Å². The molecule has 5 aromatic rings. The molecule has 0 fully saturated rings. The number of nitrogens with zero attached hydrogens (tertiary/aromatic N) is 1. The van der Waals surface area contributed by atoms with Crippen molar-refractivity contribution in [3.8, 4) is 0 Å². The molecule has 1 heterocycles. The molecular weight excluding hydrogens is 518 g/mol. The second kappa shape index (κ2) is 12.8. The molecule has 0 amide bonds. The summed E-state index contributed by atoms with van der Waals surface area (Å²) in [5, 5.41) is 7.12. The molecule has 0 radical (unpaired) electrons. The first-order valence-corrected chi connectivity index (χ1v) is 13.6. The lowest BCUT2D eigenvalue weighted by atomic mass is 10.00. The van der Waals surface area contributed by atoms with E-state index >= 15 is 0 Å². The summed E-state index contributed by atoms with van der Waals surface area (Å²) in [5.41, 5.74) is 2.53. The molecule has 0 bridgehead atoms. The Morgan fingerprint density at radius 3 is 1.98 bits per heavy atom. The molecule has 0 saturated carbocycles. The van der Waals surface area contributed by atoms with Gasteiger partial charge in [0.2, 0.25) is 0 Å². The zero-order valence-electron chi connectivity index (χ0n) is 23.1. The molecule has 0 aliphatic heterocycles. The van der Waals surface area contributed by atoms with Crippen molar-refractivity contribution in [3.63, 3.8) is 0 Å². The van der Waals surface area contributed by atoms with Crippen molar-refractivity contribution in [3.05, 3.63) is 97.6 Å². The topological polar surface area (TPSA) is 76.0 Å². The van der Waals surface area contributed by atoms with E-state index in [1.165, 1.54) is 32.3 Å². The van der Waals surface area contributed by atoms with E-state index < -0.39 is 11.9 Å². The predicted octanol–water partition coefficient (Wildman–Crippen LogP) is 6.35. The van der Waals surface area contributed by atoms with Gasteiger partial charge in [0, 0.05) is 33.5 Å². The summed E-state index contributed by atoms with van der Waals surface area (Å²) in [6, 6.07) is 25.5. The lowest BCUT2D eigenvalue weighted by Crippen LogP contribution is -2.28. The Kier molecular flexibility index (Phi) is 8.77. The molecule has 0 saturated heterocycles. The van der Waals surface area contributed by atoms with E-state index in [-0.39, 0.29) is 39.1 Å². The number of esters is 2. The standard InChI is InChI=1S/C34H33NO6/c1-4-31(36)40-20-19-39-26(22-38-17-18-41-34(37)23(2)3)21-35-29-15-13-24-9-5-7-11-27(24)32(29)33-28-12-8-6-10-25(28)14-16-30(33)35/h4-16,26H,1-2,17-22H2,3H3. The molecule has 0 aliphatic carbocycles. The van der Waals surface area contributed by atoms with Crippen LogP contribution in [0.3, 0.4) is 0 Å². The fraction of sp³-hybridized carbons (Fsp3) is 0.235. The average Bonchev–Trinajstić information content (AvgIpc) is 3.32. The van der Waals surface area contributed by atoms with E-state index in [0.717, 1.165) is 17.1 Å². The van der Waals surface area contributed by atoms with E-state index in [1.807, 2.05) is 0 Å². The van der Waals surface area contributed by atoms with Gasteiger partial charge in [0.15, 0.2) is 0 Å². The summed E-state index contributed by atoms with van der Waals surface area (Å²) in [6.45, 7) is 9.99. The number of hydrogen-bond acceptors (Lipinski definition) is 6. The van der Waals surface area contributed by atoms with Crippen LogP contribution in [0.15, 0.2) is 97.6 Å². The minimum absolute atomic E-state index is 0.0972. The van der Waals surface area contributed by atoms with E-state index in [4.69, 9.17) is 18.9 Å². The van der Waals surface area contributed by atoms with Gasteiger partial charge in [-0.05, 0) is 40.6 Å². The molecular formula is C34H33NO6. The van der Waals surface area contributed by atoms with Crippen molar-refractivity contribution in [2.24, 2.45) is 0 Å². The first-order chi connectivity index (χ1) is 20.0. The molecule has 1 aromatic heterocycles. The Labute approximate surface area is 238 Å². The van der Waals surface area contributed by atoms with Gasteiger partial charge in [0.1, 0.15) is 13.2 Å². The highest BCUT2D eigenvalue weighted by Gasteiger charge is 2.20. The molecule has 7 nitrogen and oxygen atoms in total. The lowest BCUT2D eigenvalue weighted by Gasteiger charge is -2.20. The number of fused-ring (bicyclic) bond motifs is 7. The van der Waals surface area contributed by atoms with Crippen LogP contribution in [-0.4, -0.2) is 55.6 Å². The number of aromatic nitrogens is 1. The Morgan fingerprint density at radius 1 is 0.805 bits per heavy atom. The van der Waals surface area contributed by atoms with Gasteiger partial charge in [-0.3, -0.25) is 0 Å². The van der Waals surface area contributed by atoms with E-state index in [2.05, 4.69) is 90.5 Å². The van der Waals surface area contributed by atoms with Crippen LogP contribution in [0.1, 0.15) is 6.92 Å². The highest BCUT2D eigenvalue weighted by atomic mass is 16.6. The Bertz CT molecular complexity index is 1660. The third-order valence-corrected chi connectivity index (χ3v) is 6.99. The van der Waals surface area contributed by atoms with Crippen LogP contribution in [0.25, 0.3) is 43.4 Å². The zero-order chi connectivity index (χ0) is 28.8. The smallest absolute Gasteiger partial charge is 0.333 e. The molecule has 0 N–H and O–H groups in total. The molecule has 41 heavy (non-hydrogen) atoms. The van der Waals surface area contributed by atoms with Gasteiger partial charge in [-0.15, -0.1) is 0 Å². The Balaban J connectivity index is 1.48. The number of carbonyl (C=O) groups is 2. The molecule has 0 aliphatic rings. The number of benzene rings is 4. The summed E-state index contributed by atoms with van der Waals surface area (Å²) in [4.78, 5) is 23.2. The highest BCUT2D eigenvalue weighted by molar-refractivity contribution is 6.27. The third kappa shape index (κ3) is 6.16. The maximum atomic E-state index is 11.7. The molecule has 7 heteroatoms. The minimum atomic E-state index is -0.498. The number of hydrogen-bond donors (Lipinski definition) is 0. The number of carbonyl (C=O) groups excluding carboxylic acids is 2. The monoisotopic (exact) mass is 551 g/mol. The largest absolute Gasteiger partial charge is 0.460 e. The fourth-order valence-electron chi connectivity index (χ4n) is 5.13. The van der Waals surface area contributed by atoms with E-state index in [9.17, 15) is 9.59 Å². The maximum Gasteiger partial charge on any atom is 0.333 e. The van der Waals surface area contributed by atoms with Crippen LogP contribution in [0.5, 0.6) is 0 Å². The van der Waals surface area contributed by atoms with Gasteiger partial charge in [-0.25, -0.2) is 9.59 Å². The molecule has 1 atom stereocenters. The second-order valence-electron chi connectivity index (χ2n) is 9.83. The lowest BCUT2D eigenvalue weighted by molar-refractivity contribution is -0.143. The van der Waals surface area contributed by atoms with Crippen LogP contribution in [0.4, 0.5) is 0 Å². The van der Waals surface area contributed by atoms with Crippen molar-refractivity contribution in [1.82, 2.24) is 4.57 Å². The van der Waals surface area contributed by atoms with Crippen molar-refractivity contribution >= 4 is 55.3 Å². The fourth-order valence-corrected chi connectivity index (χ4v) is 5.13. The SMILES string of the molecule is C=CC(=O)OCCOC(COCCOC(=O)C(=C)C)Cn1c2ccc3ccccc3c2c2c3ccccc3ccc21. The van der Waals surface area contributed by atoms with Crippen LogP contribution in [0.2, 0.25) is 0 Å².